The zero-order chi connectivity index (χ0) is 24.9. The van der Waals surface area contributed by atoms with E-state index >= 15 is 0 Å². The molecule has 0 spiro atoms. The first-order valence-electron chi connectivity index (χ1n) is 10.6. The fourth-order valence-corrected chi connectivity index (χ4v) is 5.85. The first-order chi connectivity index (χ1) is 16.7. The number of halogens is 3. The van der Waals surface area contributed by atoms with E-state index in [2.05, 4.69) is 20.9 Å². The van der Waals surface area contributed by atoms with Gasteiger partial charge in [-0.1, -0.05) is 62.6 Å². The molecule has 35 heavy (non-hydrogen) atoms. The van der Waals surface area contributed by atoms with E-state index in [1.807, 2.05) is 30.3 Å². The standard InChI is InChI=1S/C26H17BrCl2N2O3S/c1-13-23(14(2)32)24(21-9-8-20(34-21)16-6-7-18(28)19(29)12-16)31-25(33)22(35-26(31)30-13)11-15-4-3-5-17(27)10-15/h3-12,24H,1-2H3/b22-11+/t24-/m1/s1. The van der Waals surface area contributed by atoms with Gasteiger partial charge in [0.05, 0.1) is 14.6 Å². The Morgan fingerprint density at radius 2 is 1.94 bits per heavy atom. The number of thiazole rings is 1. The number of Topliss-reactive ketones (excluding diaryl/α,β-unsaturated/α-hetero) is 1. The molecular weight excluding hydrogens is 571 g/mol. The van der Waals surface area contributed by atoms with E-state index in [0.717, 1.165) is 15.6 Å². The molecule has 0 amide bonds. The molecule has 1 atom stereocenters. The number of benzene rings is 2. The molecule has 0 saturated heterocycles. The van der Waals surface area contributed by atoms with Gasteiger partial charge in [0.1, 0.15) is 17.6 Å². The average Bonchev–Trinajstić information content (AvgIpc) is 3.40. The Hall–Kier alpha value is -2.71. The molecular formula is C26H17BrCl2N2O3S. The van der Waals surface area contributed by atoms with Crippen LogP contribution in [0.2, 0.25) is 10.0 Å². The van der Waals surface area contributed by atoms with Crippen molar-refractivity contribution in [3.8, 4) is 11.3 Å². The van der Waals surface area contributed by atoms with E-state index in [4.69, 9.17) is 27.6 Å². The number of allylic oxidation sites excluding steroid dienone is 2. The zero-order valence-electron chi connectivity index (χ0n) is 18.5. The Balaban J connectivity index is 1.69. The minimum atomic E-state index is -0.732. The predicted octanol–water partition coefficient (Wildman–Crippen LogP) is 6.15. The highest BCUT2D eigenvalue weighted by atomic mass is 79.9. The zero-order valence-corrected chi connectivity index (χ0v) is 22.4. The average molecular weight is 588 g/mol. The van der Waals surface area contributed by atoms with Crippen molar-refractivity contribution in [3.05, 3.63) is 111 Å². The van der Waals surface area contributed by atoms with Crippen LogP contribution in [-0.2, 0) is 4.79 Å². The molecule has 1 aliphatic heterocycles. The lowest BCUT2D eigenvalue weighted by atomic mass is 9.98. The molecule has 176 valence electrons. The van der Waals surface area contributed by atoms with Crippen LogP contribution >= 0.6 is 50.5 Å². The molecule has 2 aromatic heterocycles. The summed E-state index contributed by atoms with van der Waals surface area (Å²) in [6.45, 7) is 3.25. The van der Waals surface area contributed by atoms with Crippen molar-refractivity contribution in [2.75, 3.05) is 0 Å². The second-order valence-corrected chi connectivity index (χ2v) is 10.8. The number of rotatable bonds is 4. The Morgan fingerprint density at radius 3 is 2.66 bits per heavy atom. The van der Waals surface area contributed by atoms with Crippen molar-refractivity contribution in [2.45, 2.75) is 19.9 Å². The van der Waals surface area contributed by atoms with Crippen LogP contribution < -0.4 is 14.9 Å². The molecule has 9 heteroatoms. The summed E-state index contributed by atoms with van der Waals surface area (Å²) >= 11 is 17.0. The number of carbonyl (C=O) groups is 1. The Kier molecular flexibility index (Phi) is 6.44. The number of hydrogen-bond acceptors (Lipinski definition) is 5. The number of aromatic nitrogens is 1. The minimum absolute atomic E-state index is 0.176. The second kappa shape index (κ2) is 9.39. The number of ketones is 1. The summed E-state index contributed by atoms with van der Waals surface area (Å²) in [7, 11) is 0. The maximum Gasteiger partial charge on any atom is 0.271 e. The highest BCUT2D eigenvalue weighted by Crippen LogP contribution is 2.35. The van der Waals surface area contributed by atoms with E-state index in [-0.39, 0.29) is 11.3 Å². The van der Waals surface area contributed by atoms with Gasteiger partial charge in [-0.15, -0.1) is 0 Å². The largest absolute Gasteiger partial charge is 0.458 e. The van der Waals surface area contributed by atoms with E-state index in [1.165, 1.54) is 22.8 Å². The van der Waals surface area contributed by atoms with Crippen molar-refractivity contribution < 1.29 is 9.21 Å². The molecule has 4 aromatic rings. The third kappa shape index (κ3) is 4.49. The third-order valence-electron chi connectivity index (χ3n) is 5.65. The second-order valence-electron chi connectivity index (χ2n) is 8.02. The maximum absolute atomic E-state index is 13.6. The molecule has 0 N–H and O–H groups in total. The highest BCUT2D eigenvalue weighted by molar-refractivity contribution is 9.10. The highest BCUT2D eigenvalue weighted by Gasteiger charge is 2.33. The number of nitrogens with zero attached hydrogens (tertiary/aromatic N) is 2. The third-order valence-corrected chi connectivity index (χ3v) is 7.86. The van der Waals surface area contributed by atoms with Gasteiger partial charge in [0.15, 0.2) is 10.6 Å². The maximum atomic E-state index is 13.6. The lowest BCUT2D eigenvalue weighted by Crippen LogP contribution is -2.39. The van der Waals surface area contributed by atoms with Gasteiger partial charge in [0, 0.05) is 21.3 Å². The summed E-state index contributed by atoms with van der Waals surface area (Å²) in [5.41, 5.74) is 2.35. The fourth-order valence-electron chi connectivity index (χ4n) is 4.09. The summed E-state index contributed by atoms with van der Waals surface area (Å²) in [6.07, 6.45) is 1.82. The number of furan rings is 1. The molecule has 1 aliphatic rings. The van der Waals surface area contributed by atoms with Gasteiger partial charge in [-0.3, -0.25) is 14.2 Å². The molecule has 0 saturated carbocycles. The van der Waals surface area contributed by atoms with E-state index in [1.54, 1.807) is 37.3 Å². The van der Waals surface area contributed by atoms with Gasteiger partial charge in [-0.25, -0.2) is 4.99 Å². The van der Waals surface area contributed by atoms with Crippen LogP contribution in [0.3, 0.4) is 0 Å². The van der Waals surface area contributed by atoms with Crippen molar-refractivity contribution in [3.63, 3.8) is 0 Å². The van der Waals surface area contributed by atoms with Crippen molar-refractivity contribution in [1.29, 1.82) is 0 Å². The van der Waals surface area contributed by atoms with Gasteiger partial charge >= 0.3 is 0 Å². The molecule has 2 aromatic carbocycles. The van der Waals surface area contributed by atoms with Crippen LogP contribution in [0.5, 0.6) is 0 Å². The van der Waals surface area contributed by atoms with Crippen LogP contribution in [-0.4, -0.2) is 10.4 Å². The Morgan fingerprint density at radius 1 is 1.14 bits per heavy atom. The molecule has 3 heterocycles. The van der Waals surface area contributed by atoms with E-state index in [9.17, 15) is 9.59 Å². The van der Waals surface area contributed by atoms with E-state index in [0.29, 0.717) is 42.2 Å². The lowest BCUT2D eigenvalue weighted by molar-refractivity contribution is -0.114. The summed E-state index contributed by atoms with van der Waals surface area (Å²) in [4.78, 5) is 31.4. The van der Waals surface area contributed by atoms with Crippen LogP contribution in [0, 0.1) is 0 Å². The summed E-state index contributed by atoms with van der Waals surface area (Å²) in [5, 5.41) is 0.847. The van der Waals surface area contributed by atoms with Gasteiger partial charge in [0.2, 0.25) is 0 Å². The smallest absolute Gasteiger partial charge is 0.271 e. The number of fused-ring (bicyclic) bond motifs is 1. The van der Waals surface area contributed by atoms with Crippen molar-refractivity contribution in [2.24, 2.45) is 4.99 Å². The van der Waals surface area contributed by atoms with Crippen molar-refractivity contribution in [1.82, 2.24) is 4.57 Å². The molecule has 0 unspecified atom stereocenters. The van der Waals surface area contributed by atoms with Crippen LogP contribution in [0.15, 0.2) is 84.5 Å². The number of carbonyl (C=O) groups excluding carboxylic acids is 1. The monoisotopic (exact) mass is 586 g/mol. The van der Waals surface area contributed by atoms with Gasteiger partial charge in [-0.05, 0) is 68.0 Å². The Labute approximate surface area is 222 Å². The van der Waals surface area contributed by atoms with Crippen LogP contribution in [0.1, 0.15) is 31.2 Å². The first-order valence-corrected chi connectivity index (χ1v) is 12.9. The quantitative estimate of drug-likeness (QED) is 0.287. The fraction of sp³-hybridized carbons (Fsp3) is 0.115. The first kappa shape index (κ1) is 24.0. The Bertz CT molecular complexity index is 1710. The van der Waals surface area contributed by atoms with Crippen LogP contribution in [0.4, 0.5) is 0 Å². The molecule has 5 rings (SSSR count). The van der Waals surface area contributed by atoms with Gasteiger partial charge < -0.3 is 4.42 Å². The summed E-state index contributed by atoms with van der Waals surface area (Å²) < 4.78 is 9.15. The van der Waals surface area contributed by atoms with Crippen molar-refractivity contribution >= 4 is 62.3 Å². The molecule has 0 radical (unpaired) electrons. The lowest BCUT2D eigenvalue weighted by Gasteiger charge is -2.22. The topological polar surface area (TPSA) is 64.6 Å². The molecule has 0 bridgehead atoms. The molecule has 0 fully saturated rings. The molecule has 5 nitrogen and oxygen atoms in total. The van der Waals surface area contributed by atoms with E-state index < -0.39 is 6.04 Å². The SMILES string of the molecule is CC(=O)C1=C(C)N=c2s/c(=C/c3cccc(Br)c3)c(=O)n2[C@@H]1c1ccc(-c2ccc(Cl)c(Cl)c2)o1. The van der Waals surface area contributed by atoms with Gasteiger partial charge in [0.25, 0.3) is 5.56 Å². The minimum Gasteiger partial charge on any atom is -0.458 e. The normalized spacial score (nSPS) is 15.8. The number of hydrogen-bond donors (Lipinski definition) is 0. The summed E-state index contributed by atoms with van der Waals surface area (Å²) in [5.74, 6) is 0.832. The predicted molar refractivity (Wildman–Crippen MR) is 143 cm³/mol. The summed E-state index contributed by atoms with van der Waals surface area (Å²) in [6, 6.07) is 15.7. The van der Waals surface area contributed by atoms with Gasteiger partial charge in [-0.2, -0.15) is 0 Å². The molecule has 0 aliphatic carbocycles. The van der Waals surface area contributed by atoms with Crippen LogP contribution in [0.25, 0.3) is 17.4 Å².